The quantitative estimate of drug-likeness (QED) is 0.763. The average Bonchev–Trinajstić information content (AvgIpc) is 2.47. The van der Waals surface area contributed by atoms with E-state index in [-0.39, 0.29) is 11.4 Å². The van der Waals surface area contributed by atoms with Crippen LogP contribution in [0.25, 0.3) is 0 Å². The molecular formula is C11H15N5O2S. The Kier molecular flexibility index (Phi) is 3.97. The van der Waals surface area contributed by atoms with Crippen LogP contribution in [0.1, 0.15) is 12.6 Å². The van der Waals surface area contributed by atoms with E-state index in [0.29, 0.717) is 32.0 Å². The Morgan fingerprint density at radius 3 is 2.47 bits per heavy atom. The van der Waals surface area contributed by atoms with E-state index in [9.17, 15) is 8.42 Å². The van der Waals surface area contributed by atoms with Gasteiger partial charge in [0.25, 0.3) is 0 Å². The number of sulfonamides is 1. The number of anilines is 1. The Morgan fingerprint density at radius 1 is 1.26 bits per heavy atom. The molecule has 7 nitrogen and oxygen atoms in total. The Labute approximate surface area is 112 Å². The summed E-state index contributed by atoms with van der Waals surface area (Å²) in [4.78, 5) is 10.0. The normalized spacial score (nSPS) is 17.2. The second-order valence-corrected chi connectivity index (χ2v) is 6.38. The summed E-state index contributed by atoms with van der Waals surface area (Å²) >= 11 is 0. The number of hydrogen-bond acceptors (Lipinski definition) is 6. The zero-order valence-corrected chi connectivity index (χ0v) is 11.5. The molecule has 0 spiro atoms. The van der Waals surface area contributed by atoms with Crippen LogP contribution < -0.4 is 4.90 Å². The zero-order valence-electron chi connectivity index (χ0n) is 10.7. The molecular weight excluding hydrogens is 266 g/mol. The summed E-state index contributed by atoms with van der Waals surface area (Å²) in [6.07, 6.45) is 3.01. The van der Waals surface area contributed by atoms with Gasteiger partial charge in [0, 0.05) is 38.6 Å². The number of rotatable bonds is 3. The molecule has 2 rings (SSSR count). The van der Waals surface area contributed by atoms with Crippen LogP contribution in [0.4, 0.5) is 5.82 Å². The summed E-state index contributed by atoms with van der Waals surface area (Å²) < 4.78 is 25.0. The van der Waals surface area contributed by atoms with Crippen LogP contribution in [0.15, 0.2) is 12.4 Å². The zero-order chi connectivity index (χ0) is 13.9. The van der Waals surface area contributed by atoms with Crippen molar-refractivity contribution < 1.29 is 8.42 Å². The largest absolute Gasteiger partial charge is 0.352 e. The van der Waals surface area contributed by atoms with Crippen molar-refractivity contribution in [3.63, 3.8) is 0 Å². The summed E-state index contributed by atoms with van der Waals surface area (Å²) in [7, 11) is -3.14. The Bertz CT molecular complexity index is 587. The van der Waals surface area contributed by atoms with Gasteiger partial charge in [0.15, 0.2) is 11.5 Å². The van der Waals surface area contributed by atoms with Crippen LogP contribution in [0.3, 0.4) is 0 Å². The fourth-order valence-electron chi connectivity index (χ4n) is 2.00. The topological polar surface area (TPSA) is 90.2 Å². The van der Waals surface area contributed by atoms with Gasteiger partial charge in [-0.1, -0.05) is 0 Å². The van der Waals surface area contributed by atoms with Crippen molar-refractivity contribution in [3.8, 4) is 6.07 Å². The Morgan fingerprint density at radius 2 is 1.89 bits per heavy atom. The number of aromatic nitrogens is 2. The third-order valence-corrected chi connectivity index (χ3v) is 4.96. The fourth-order valence-corrected chi connectivity index (χ4v) is 3.09. The van der Waals surface area contributed by atoms with Crippen LogP contribution in [0, 0.1) is 11.3 Å². The van der Waals surface area contributed by atoms with Gasteiger partial charge in [-0.15, -0.1) is 0 Å². The van der Waals surface area contributed by atoms with Crippen molar-refractivity contribution in [2.75, 3.05) is 36.8 Å². The van der Waals surface area contributed by atoms with E-state index >= 15 is 0 Å². The molecule has 0 radical (unpaired) electrons. The van der Waals surface area contributed by atoms with Crippen molar-refractivity contribution >= 4 is 15.8 Å². The smallest absolute Gasteiger partial charge is 0.213 e. The highest BCUT2D eigenvalue weighted by Crippen LogP contribution is 2.17. The summed E-state index contributed by atoms with van der Waals surface area (Å²) in [5, 5.41) is 8.98. The highest BCUT2D eigenvalue weighted by atomic mass is 32.2. The molecule has 1 aromatic rings. The van der Waals surface area contributed by atoms with Gasteiger partial charge in [0.1, 0.15) is 6.07 Å². The molecule has 0 unspecified atom stereocenters. The van der Waals surface area contributed by atoms with Gasteiger partial charge >= 0.3 is 0 Å². The lowest BCUT2D eigenvalue weighted by molar-refractivity contribution is 0.384. The maximum absolute atomic E-state index is 11.7. The van der Waals surface area contributed by atoms with E-state index in [1.165, 1.54) is 16.7 Å². The van der Waals surface area contributed by atoms with E-state index in [2.05, 4.69) is 9.97 Å². The standard InChI is InChI=1S/C11H15N5O2S/c1-2-19(17,18)16-7-5-15(6-8-16)11-10(9-12)13-3-4-14-11/h3-4H,2,5-8H2,1H3. The summed E-state index contributed by atoms with van der Waals surface area (Å²) in [6, 6.07) is 2.00. The first-order chi connectivity index (χ1) is 9.08. The van der Waals surface area contributed by atoms with Crippen LogP contribution in [-0.2, 0) is 10.0 Å². The van der Waals surface area contributed by atoms with E-state index < -0.39 is 10.0 Å². The van der Waals surface area contributed by atoms with E-state index in [1.54, 1.807) is 6.92 Å². The predicted molar refractivity (Wildman–Crippen MR) is 70.0 cm³/mol. The number of hydrogen-bond donors (Lipinski definition) is 0. The van der Waals surface area contributed by atoms with Gasteiger partial charge < -0.3 is 4.90 Å². The van der Waals surface area contributed by atoms with Crippen LogP contribution in [0.2, 0.25) is 0 Å². The van der Waals surface area contributed by atoms with Gasteiger partial charge in [0.2, 0.25) is 10.0 Å². The van der Waals surface area contributed by atoms with Crippen molar-refractivity contribution in [1.29, 1.82) is 5.26 Å². The molecule has 0 saturated carbocycles. The number of nitriles is 1. The molecule has 19 heavy (non-hydrogen) atoms. The maximum atomic E-state index is 11.7. The molecule has 1 saturated heterocycles. The maximum Gasteiger partial charge on any atom is 0.213 e. The van der Waals surface area contributed by atoms with E-state index in [1.807, 2.05) is 11.0 Å². The molecule has 0 atom stereocenters. The fraction of sp³-hybridized carbons (Fsp3) is 0.545. The second kappa shape index (κ2) is 5.50. The molecule has 2 heterocycles. The first-order valence-electron chi connectivity index (χ1n) is 6.02. The van der Waals surface area contributed by atoms with Gasteiger partial charge in [-0.05, 0) is 6.92 Å². The molecule has 1 fully saturated rings. The molecule has 0 amide bonds. The lowest BCUT2D eigenvalue weighted by Gasteiger charge is -2.34. The average molecular weight is 281 g/mol. The van der Waals surface area contributed by atoms with Gasteiger partial charge in [-0.3, -0.25) is 0 Å². The molecule has 102 valence electrons. The lowest BCUT2D eigenvalue weighted by atomic mass is 10.3. The molecule has 1 aliphatic rings. The molecule has 0 aliphatic carbocycles. The predicted octanol–water partition coefficient (Wildman–Crippen LogP) is -0.180. The first-order valence-corrected chi connectivity index (χ1v) is 7.63. The number of piperazine rings is 1. The van der Waals surface area contributed by atoms with Gasteiger partial charge in [-0.25, -0.2) is 18.4 Å². The lowest BCUT2D eigenvalue weighted by Crippen LogP contribution is -2.49. The minimum atomic E-state index is -3.14. The van der Waals surface area contributed by atoms with Crippen LogP contribution in [0.5, 0.6) is 0 Å². The third-order valence-electron chi connectivity index (χ3n) is 3.08. The molecule has 0 N–H and O–H groups in total. The SMILES string of the molecule is CCS(=O)(=O)N1CCN(c2nccnc2C#N)CC1. The summed E-state index contributed by atoms with van der Waals surface area (Å²) in [5.74, 6) is 0.639. The molecule has 1 aliphatic heterocycles. The van der Waals surface area contributed by atoms with E-state index in [4.69, 9.17) is 5.26 Å². The minimum Gasteiger partial charge on any atom is -0.352 e. The number of nitrogens with zero attached hydrogens (tertiary/aromatic N) is 5. The summed E-state index contributed by atoms with van der Waals surface area (Å²) in [5.41, 5.74) is 0.272. The first kappa shape index (κ1) is 13.7. The summed E-state index contributed by atoms with van der Waals surface area (Å²) in [6.45, 7) is 3.51. The van der Waals surface area contributed by atoms with Crippen molar-refractivity contribution in [1.82, 2.24) is 14.3 Å². The van der Waals surface area contributed by atoms with Crippen LogP contribution >= 0.6 is 0 Å². The second-order valence-electron chi connectivity index (χ2n) is 4.13. The molecule has 8 heteroatoms. The Balaban J connectivity index is 2.11. The van der Waals surface area contributed by atoms with Crippen molar-refractivity contribution in [2.45, 2.75) is 6.92 Å². The minimum absolute atomic E-state index is 0.113. The Hall–Kier alpha value is -1.72. The molecule has 1 aromatic heterocycles. The van der Waals surface area contributed by atoms with Crippen molar-refractivity contribution in [3.05, 3.63) is 18.1 Å². The monoisotopic (exact) mass is 281 g/mol. The van der Waals surface area contributed by atoms with E-state index in [0.717, 1.165) is 0 Å². The molecule has 0 bridgehead atoms. The molecule has 0 aromatic carbocycles. The highest BCUT2D eigenvalue weighted by molar-refractivity contribution is 7.89. The van der Waals surface area contributed by atoms with Gasteiger partial charge in [-0.2, -0.15) is 9.57 Å². The van der Waals surface area contributed by atoms with Crippen molar-refractivity contribution in [2.24, 2.45) is 0 Å². The third kappa shape index (κ3) is 2.83. The highest BCUT2D eigenvalue weighted by Gasteiger charge is 2.27. The van der Waals surface area contributed by atoms with Crippen LogP contribution in [-0.4, -0.2) is 54.6 Å². The van der Waals surface area contributed by atoms with Gasteiger partial charge in [0.05, 0.1) is 5.75 Å².